The lowest BCUT2D eigenvalue weighted by atomic mass is 9.83. The number of benzene rings is 1. The number of fused-ring (bicyclic) bond motifs is 1. The Hall–Kier alpha value is -2.96. The van der Waals surface area contributed by atoms with Crippen molar-refractivity contribution >= 4 is 22.8 Å². The van der Waals surface area contributed by atoms with Crippen LogP contribution in [0.1, 0.15) is 56.2 Å². The third kappa shape index (κ3) is 3.64. The number of rotatable bonds is 5. The highest BCUT2D eigenvalue weighted by atomic mass is 16.4. The number of aryl methyl sites for hydroxylation is 1. The highest BCUT2D eigenvalue weighted by molar-refractivity contribution is 5.89. The molecule has 156 valence electrons. The molecule has 0 unspecified atom stereocenters. The predicted octanol–water partition coefficient (Wildman–Crippen LogP) is 4.18. The van der Waals surface area contributed by atoms with Crippen molar-refractivity contribution in [2.75, 3.05) is 25.0 Å². The zero-order chi connectivity index (χ0) is 20.9. The van der Waals surface area contributed by atoms with Gasteiger partial charge in [-0.05, 0) is 59.9 Å². The highest BCUT2D eigenvalue weighted by Crippen LogP contribution is 2.43. The van der Waals surface area contributed by atoms with Crippen LogP contribution in [-0.2, 0) is 5.41 Å². The second kappa shape index (κ2) is 7.07. The van der Waals surface area contributed by atoms with Crippen molar-refractivity contribution < 1.29 is 4.42 Å². The summed E-state index contributed by atoms with van der Waals surface area (Å²) < 4.78 is 5.85. The van der Waals surface area contributed by atoms with Gasteiger partial charge in [0, 0.05) is 11.9 Å². The molecule has 3 heterocycles. The van der Waals surface area contributed by atoms with E-state index in [1.54, 1.807) is 0 Å². The molecular weight excluding hydrogens is 376 g/mol. The molecule has 0 bridgehead atoms. The second-order valence-corrected chi connectivity index (χ2v) is 9.33. The van der Waals surface area contributed by atoms with Crippen molar-refractivity contribution in [3.05, 3.63) is 34.9 Å². The molecule has 7 heteroatoms. The van der Waals surface area contributed by atoms with Crippen LogP contribution < -0.4 is 10.6 Å². The van der Waals surface area contributed by atoms with Gasteiger partial charge >= 0.3 is 6.01 Å². The van der Waals surface area contributed by atoms with Crippen LogP contribution in [0.5, 0.6) is 0 Å². The largest absolute Gasteiger partial charge is 0.402 e. The Morgan fingerprint density at radius 2 is 2.00 bits per heavy atom. The van der Waals surface area contributed by atoms with Crippen LogP contribution in [0.4, 0.5) is 6.01 Å². The first-order valence-electron chi connectivity index (χ1n) is 10.7. The minimum Gasteiger partial charge on any atom is -0.402 e. The minimum atomic E-state index is -0.00221. The average molecular weight is 405 g/mol. The Labute approximate surface area is 176 Å². The van der Waals surface area contributed by atoms with E-state index in [4.69, 9.17) is 9.40 Å². The third-order valence-corrected chi connectivity index (χ3v) is 5.79. The Morgan fingerprint density at radius 3 is 2.70 bits per heavy atom. The van der Waals surface area contributed by atoms with Crippen LogP contribution >= 0.6 is 0 Å². The van der Waals surface area contributed by atoms with Crippen LogP contribution in [0.3, 0.4) is 0 Å². The number of pyridine rings is 1. The fraction of sp³-hybridized carbons (Fsp3) is 0.478. The topological polar surface area (TPSA) is 88.2 Å². The van der Waals surface area contributed by atoms with Gasteiger partial charge in [0.15, 0.2) is 0 Å². The van der Waals surface area contributed by atoms with Gasteiger partial charge in [-0.25, -0.2) is 4.98 Å². The number of nitrogens with zero attached hydrogens (tertiary/aromatic N) is 4. The van der Waals surface area contributed by atoms with Gasteiger partial charge in [-0.3, -0.25) is 4.99 Å². The van der Waals surface area contributed by atoms with E-state index in [1.165, 1.54) is 34.9 Å². The molecule has 0 amide bonds. The maximum Gasteiger partial charge on any atom is 0.316 e. The SMILES string of the molecule is Cc1cc(-c2nnc(NCC3=NCCN3)o2)nc2c(C(C)(C)C)cc(C3CC3)cc12. The van der Waals surface area contributed by atoms with Gasteiger partial charge in [0.2, 0.25) is 0 Å². The van der Waals surface area contributed by atoms with Crippen LogP contribution in [-0.4, -0.2) is 40.7 Å². The molecule has 1 fully saturated rings. The maximum atomic E-state index is 5.85. The number of aromatic nitrogens is 3. The lowest BCUT2D eigenvalue weighted by Crippen LogP contribution is -2.26. The molecule has 5 rings (SSSR count). The molecule has 1 aromatic carbocycles. The fourth-order valence-corrected chi connectivity index (χ4v) is 3.97. The molecule has 0 radical (unpaired) electrons. The summed E-state index contributed by atoms with van der Waals surface area (Å²) in [7, 11) is 0. The number of nitrogens with one attached hydrogen (secondary N) is 2. The lowest BCUT2D eigenvalue weighted by Gasteiger charge is -2.23. The highest BCUT2D eigenvalue weighted by Gasteiger charge is 2.28. The van der Waals surface area contributed by atoms with Crippen LogP contribution in [0.15, 0.2) is 27.6 Å². The van der Waals surface area contributed by atoms with Crippen LogP contribution in [0.2, 0.25) is 0 Å². The molecule has 30 heavy (non-hydrogen) atoms. The van der Waals surface area contributed by atoms with Crippen LogP contribution in [0.25, 0.3) is 22.5 Å². The first-order chi connectivity index (χ1) is 14.4. The Morgan fingerprint density at radius 1 is 1.17 bits per heavy atom. The first-order valence-corrected chi connectivity index (χ1v) is 10.7. The summed E-state index contributed by atoms with van der Waals surface area (Å²) in [5, 5.41) is 15.9. The summed E-state index contributed by atoms with van der Waals surface area (Å²) >= 11 is 0. The lowest BCUT2D eigenvalue weighted by molar-refractivity contribution is 0.580. The predicted molar refractivity (Wildman–Crippen MR) is 119 cm³/mol. The van der Waals surface area contributed by atoms with Crippen molar-refractivity contribution in [2.45, 2.75) is 51.9 Å². The molecule has 0 spiro atoms. The number of anilines is 1. The van der Waals surface area contributed by atoms with Crippen LogP contribution in [0, 0.1) is 6.92 Å². The monoisotopic (exact) mass is 404 g/mol. The first kappa shape index (κ1) is 19.0. The molecule has 2 aromatic heterocycles. The normalized spacial score (nSPS) is 16.6. The zero-order valence-corrected chi connectivity index (χ0v) is 18.0. The van der Waals surface area contributed by atoms with E-state index in [-0.39, 0.29) is 5.41 Å². The van der Waals surface area contributed by atoms with Gasteiger partial charge in [-0.2, -0.15) is 0 Å². The zero-order valence-electron chi connectivity index (χ0n) is 18.0. The molecule has 0 saturated heterocycles. The summed E-state index contributed by atoms with van der Waals surface area (Å²) in [6.45, 7) is 11.1. The van der Waals surface area contributed by atoms with E-state index >= 15 is 0 Å². The fourth-order valence-electron chi connectivity index (χ4n) is 3.97. The standard InChI is InChI=1S/C23H28N6O/c1-13-9-18(21-28-29-22(30-21)26-12-19-24-7-8-25-19)27-20-16(13)10-15(14-5-6-14)11-17(20)23(2,3)4/h9-11,14H,5-8,12H2,1-4H3,(H,24,25)(H,26,29). The molecule has 2 aliphatic rings. The Kier molecular flexibility index (Phi) is 4.49. The van der Waals surface area contributed by atoms with E-state index in [2.05, 4.69) is 65.7 Å². The van der Waals surface area contributed by atoms with Gasteiger partial charge in [0.1, 0.15) is 11.5 Å². The Balaban J connectivity index is 1.51. The van der Waals surface area contributed by atoms with Crippen molar-refractivity contribution in [1.29, 1.82) is 0 Å². The number of hydrogen-bond acceptors (Lipinski definition) is 7. The smallest absolute Gasteiger partial charge is 0.316 e. The van der Waals surface area contributed by atoms with Gasteiger partial charge in [-0.15, -0.1) is 5.10 Å². The summed E-state index contributed by atoms with van der Waals surface area (Å²) in [5.74, 6) is 2.05. The second-order valence-electron chi connectivity index (χ2n) is 9.33. The van der Waals surface area contributed by atoms with E-state index in [0.717, 1.165) is 24.4 Å². The van der Waals surface area contributed by atoms with Crippen molar-refractivity contribution in [3.8, 4) is 11.6 Å². The molecule has 0 atom stereocenters. The molecule has 1 saturated carbocycles. The van der Waals surface area contributed by atoms with Crippen molar-refractivity contribution in [1.82, 2.24) is 20.5 Å². The van der Waals surface area contributed by atoms with E-state index in [0.29, 0.717) is 30.1 Å². The molecule has 1 aliphatic heterocycles. The van der Waals surface area contributed by atoms with E-state index in [9.17, 15) is 0 Å². The number of aliphatic imine (C=N–C) groups is 1. The molecule has 1 aliphatic carbocycles. The van der Waals surface area contributed by atoms with Gasteiger partial charge < -0.3 is 15.1 Å². The van der Waals surface area contributed by atoms with Crippen molar-refractivity contribution in [3.63, 3.8) is 0 Å². The number of hydrogen-bond donors (Lipinski definition) is 2. The van der Waals surface area contributed by atoms with Gasteiger partial charge in [-0.1, -0.05) is 31.9 Å². The van der Waals surface area contributed by atoms with Gasteiger partial charge in [0.05, 0.1) is 18.6 Å². The average Bonchev–Trinajstić information content (AvgIpc) is 3.22. The Bertz CT molecular complexity index is 1140. The van der Waals surface area contributed by atoms with E-state index < -0.39 is 0 Å². The van der Waals surface area contributed by atoms with E-state index in [1.807, 2.05) is 6.07 Å². The third-order valence-electron chi connectivity index (χ3n) is 5.79. The summed E-state index contributed by atoms with van der Waals surface area (Å²) in [6, 6.07) is 7.10. The minimum absolute atomic E-state index is 0.00221. The molecule has 7 nitrogen and oxygen atoms in total. The van der Waals surface area contributed by atoms with Gasteiger partial charge in [0.25, 0.3) is 5.89 Å². The molecule has 3 aromatic rings. The summed E-state index contributed by atoms with van der Waals surface area (Å²) in [5.41, 5.74) is 5.63. The quantitative estimate of drug-likeness (QED) is 0.663. The maximum absolute atomic E-state index is 5.85. The molecule has 2 N–H and O–H groups in total. The van der Waals surface area contributed by atoms with Crippen molar-refractivity contribution in [2.24, 2.45) is 4.99 Å². The molecular formula is C23H28N6O. The summed E-state index contributed by atoms with van der Waals surface area (Å²) in [6.07, 6.45) is 2.58. The summed E-state index contributed by atoms with van der Waals surface area (Å²) in [4.78, 5) is 9.34. The number of amidine groups is 1.